The third-order valence-electron chi connectivity index (χ3n) is 2.27. The molecule has 0 saturated carbocycles. The average molecular weight is 414 g/mol. The first kappa shape index (κ1) is 19.3. The lowest BCUT2D eigenvalue weighted by Crippen LogP contribution is -2.40. The Morgan fingerprint density at radius 1 is 1.40 bits per heavy atom. The van der Waals surface area contributed by atoms with Crippen LogP contribution in [0.1, 0.15) is 6.92 Å². The second kappa shape index (κ2) is 11.0. The number of nitrogens with zero attached hydrogens (tertiary/aromatic N) is 1. The van der Waals surface area contributed by atoms with Crippen molar-refractivity contribution in [3.8, 4) is 5.75 Å². The van der Waals surface area contributed by atoms with Crippen molar-refractivity contribution in [3.05, 3.63) is 29.3 Å². The summed E-state index contributed by atoms with van der Waals surface area (Å²) in [7, 11) is 1.64. The van der Waals surface area contributed by atoms with Gasteiger partial charge in [-0.15, -0.1) is 24.0 Å². The molecule has 0 aliphatic rings. The Morgan fingerprint density at radius 2 is 2.05 bits per heavy atom. The van der Waals surface area contributed by atoms with Gasteiger partial charge in [0.1, 0.15) is 12.4 Å². The predicted molar refractivity (Wildman–Crippen MR) is 93.3 cm³/mol. The fourth-order valence-electron chi connectivity index (χ4n) is 1.45. The van der Waals surface area contributed by atoms with E-state index in [1.165, 1.54) is 0 Å². The molecule has 0 amide bonds. The SMILES string of the molecule is COCC(C)NC(N)=NCCOc1ccc(Cl)cc1.I. The smallest absolute Gasteiger partial charge is 0.188 e. The van der Waals surface area contributed by atoms with Gasteiger partial charge in [0.05, 0.1) is 13.2 Å². The van der Waals surface area contributed by atoms with Gasteiger partial charge in [0.25, 0.3) is 0 Å². The number of rotatable bonds is 7. The summed E-state index contributed by atoms with van der Waals surface area (Å²) in [6.45, 7) is 3.50. The maximum absolute atomic E-state index is 5.78. The molecular weight excluding hydrogens is 393 g/mol. The standard InChI is InChI=1S/C13H20ClN3O2.HI/c1-10(9-18-2)17-13(15)16-7-8-19-12-5-3-11(14)4-6-12;/h3-6,10H,7-9H2,1-2H3,(H3,15,16,17);1H. The zero-order chi connectivity index (χ0) is 14.1. The summed E-state index contributed by atoms with van der Waals surface area (Å²) in [5.74, 6) is 1.16. The lowest BCUT2D eigenvalue weighted by molar-refractivity contribution is 0.179. The van der Waals surface area contributed by atoms with Crippen molar-refractivity contribution in [1.82, 2.24) is 5.32 Å². The minimum absolute atomic E-state index is 0. The van der Waals surface area contributed by atoms with E-state index >= 15 is 0 Å². The van der Waals surface area contributed by atoms with Crippen molar-refractivity contribution in [2.24, 2.45) is 10.7 Å². The minimum atomic E-state index is 0. The molecule has 5 nitrogen and oxygen atoms in total. The highest BCUT2D eigenvalue weighted by atomic mass is 127. The van der Waals surface area contributed by atoms with Crippen molar-refractivity contribution in [2.75, 3.05) is 26.9 Å². The number of ether oxygens (including phenoxy) is 2. The highest BCUT2D eigenvalue weighted by Crippen LogP contribution is 2.15. The molecule has 0 aliphatic heterocycles. The molecule has 1 aromatic carbocycles. The van der Waals surface area contributed by atoms with Crippen molar-refractivity contribution in [3.63, 3.8) is 0 Å². The van der Waals surface area contributed by atoms with E-state index < -0.39 is 0 Å². The summed E-state index contributed by atoms with van der Waals surface area (Å²) in [5, 5.41) is 3.70. The zero-order valence-corrected chi connectivity index (χ0v) is 14.7. The molecule has 114 valence electrons. The number of hydrogen-bond acceptors (Lipinski definition) is 3. The van der Waals surface area contributed by atoms with E-state index in [4.69, 9.17) is 26.8 Å². The minimum Gasteiger partial charge on any atom is -0.492 e. The zero-order valence-electron chi connectivity index (χ0n) is 11.6. The number of nitrogens with one attached hydrogen (secondary N) is 1. The molecular formula is C13H21ClIN3O2. The number of nitrogens with two attached hydrogens (primary N) is 1. The summed E-state index contributed by atoms with van der Waals surface area (Å²) in [4.78, 5) is 4.16. The Bertz CT molecular complexity index is 401. The van der Waals surface area contributed by atoms with E-state index in [9.17, 15) is 0 Å². The summed E-state index contributed by atoms with van der Waals surface area (Å²) in [6, 6.07) is 7.32. The normalized spacial score (nSPS) is 12.4. The van der Waals surface area contributed by atoms with Gasteiger partial charge in [-0.2, -0.15) is 0 Å². The lowest BCUT2D eigenvalue weighted by atomic mass is 10.3. The van der Waals surface area contributed by atoms with Gasteiger partial charge in [0, 0.05) is 18.2 Å². The summed E-state index contributed by atoms with van der Waals surface area (Å²) in [5.41, 5.74) is 5.71. The predicted octanol–water partition coefficient (Wildman–Crippen LogP) is 2.28. The molecule has 0 aromatic heterocycles. The van der Waals surface area contributed by atoms with Gasteiger partial charge < -0.3 is 20.5 Å². The molecule has 0 spiro atoms. The van der Waals surface area contributed by atoms with Crippen LogP contribution in [0.25, 0.3) is 0 Å². The van der Waals surface area contributed by atoms with Crippen LogP contribution in [0, 0.1) is 0 Å². The number of benzene rings is 1. The Balaban J connectivity index is 0.00000361. The van der Waals surface area contributed by atoms with Crippen molar-refractivity contribution >= 4 is 41.5 Å². The van der Waals surface area contributed by atoms with Crippen molar-refractivity contribution < 1.29 is 9.47 Å². The second-order valence-electron chi connectivity index (χ2n) is 4.07. The molecule has 1 aromatic rings. The van der Waals surface area contributed by atoms with Gasteiger partial charge >= 0.3 is 0 Å². The van der Waals surface area contributed by atoms with E-state index in [1.807, 2.05) is 19.1 Å². The third kappa shape index (κ3) is 8.44. The molecule has 0 saturated heterocycles. The Labute approximate surface area is 141 Å². The second-order valence-corrected chi connectivity index (χ2v) is 4.51. The molecule has 1 rings (SSSR count). The Morgan fingerprint density at radius 3 is 2.65 bits per heavy atom. The Hall–Kier alpha value is -0.730. The fraction of sp³-hybridized carbons (Fsp3) is 0.462. The van der Waals surface area contributed by atoms with E-state index in [0.717, 1.165) is 5.75 Å². The van der Waals surface area contributed by atoms with E-state index in [0.29, 0.717) is 30.7 Å². The molecule has 7 heteroatoms. The molecule has 0 fully saturated rings. The van der Waals surface area contributed by atoms with Crippen LogP contribution in [0.15, 0.2) is 29.3 Å². The summed E-state index contributed by atoms with van der Waals surface area (Å²) in [6.07, 6.45) is 0. The van der Waals surface area contributed by atoms with Crippen LogP contribution < -0.4 is 15.8 Å². The largest absolute Gasteiger partial charge is 0.492 e. The van der Waals surface area contributed by atoms with Gasteiger partial charge in [-0.05, 0) is 31.2 Å². The van der Waals surface area contributed by atoms with Crippen molar-refractivity contribution in [1.29, 1.82) is 0 Å². The molecule has 20 heavy (non-hydrogen) atoms. The van der Waals surface area contributed by atoms with Crippen LogP contribution in [0.4, 0.5) is 0 Å². The van der Waals surface area contributed by atoms with E-state index in [2.05, 4.69) is 10.3 Å². The fourth-order valence-corrected chi connectivity index (χ4v) is 1.58. The lowest BCUT2D eigenvalue weighted by Gasteiger charge is -2.13. The quantitative estimate of drug-likeness (QED) is 0.311. The number of halogens is 2. The molecule has 1 atom stereocenters. The number of hydrogen-bond donors (Lipinski definition) is 2. The third-order valence-corrected chi connectivity index (χ3v) is 2.52. The number of guanidine groups is 1. The van der Waals surface area contributed by atoms with Crippen LogP contribution in [0.2, 0.25) is 5.02 Å². The van der Waals surface area contributed by atoms with Crippen LogP contribution in [0.5, 0.6) is 5.75 Å². The summed E-state index contributed by atoms with van der Waals surface area (Å²) >= 11 is 5.78. The first-order valence-electron chi connectivity index (χ1n) is 6.05. The van der Waals surface area contributed by atoms with Crippen LogP contribution in [0.3, 0.4) is 0 Å². The molecule has 0 heterocycles. The number of aliphatic imine (C=N–C) groups is 1. The average Bonchev–Trinajstić information content (AvgIpc) is 2.37. The monoisotopic (exact) mass is 413 g/mol. The van der Waals surface area contributed by atoms with E-state index in [1.54, 1.807) is 19.2 Å². The van der Waals surface area contributed by atoms with Gasteiger partial charge in [0.15, 0.2) is 5.96 Å². The first-order valence-corrected chi connectivity index (χ1v) is 6.43. The highest BCUT2D eigenvalue weighted by molar-refractivity contribution is 14.0. The molecule has 0 bridgehead atoms. The Kier molecular flexibility index (Phi) is 10.6. The van der Waals surface area contributed by atoms with Gasteiger partial charge in [-0.3, -0.25) is 0 Å². The molecule has 0 radical (unpaired) electrons. The number of methoxy groups -OCH3 is 1. The van der Waals surface area contributed by atoms with Crippen molar-refractivity contribution in [2.45, 2.75) is 13.0 Å². The molecule has 1 unspecified atom stereocenters. The van der Waals surface area contributed by atoms with Crippen LogP contribution >= 0.6 is 35.6 Å². The first-order chi connectivity index (χ1) is 9.11. The van der Waals surface area contributed by atoms with E-state index in [-0.39, 0.29) is 30.0 Å². The topological polar surface area (TPSA) is 68.9 Å². The van der Waals surface area contributed by atoms with Gasteiger partial charge in [0.2, 0.25) is 0 Å². The maximum Gasteiger partial charge on any atom is 0.188 e. The highest BCUT2D eigenvalue weighted by Gasteiger charge is 2.01. The summed E-state index contributed by atoms with van der Waals surface area (Å²) < 4.78 is 10.5. The van der Waals surface area contributed by atoms with Gasteiger partial charge in [-0.25, -0.2) is 4.99 Å². The molecule has 3 N–H and O–H groups in total. The van der Waals surface area contributed by atoms with Gasteiger partial charge in [-0.1, -0.05) is 11.6 Å². The van der Waals surface area contributed by atoms with Crippen LogP contribution in [-0.4, -0.2) is 38.9 Å². The van der Waals surface area contributed by atoms with Crippen LogP contribution in [-0.2, 0) is 4.74 Å². The maximum atomic E-state index is 5.78. The molecule has 0 aliphatic carbocycles.